The highest BCUT2D eigenvalue weighted by Gasteiger charge is 2.38. The average Bonchev–Trinajstić information content (AvgIpc) is 2.33. The van der Waals surface area contributed by atoms with Gasteiger partial charge < -0.3 is 5.11 Å². The van der Waals surface area contributed by atoms with Crippen molar-refractivity contribution < 1.29 is 9.50 Å². The molecule has 3 atom stereocenters. The first kappa shape index (κ1) is 16.0. The van der Waals surface area contributed by atoms with Crippen LogP contribution in [0.1, 0.15) is 45.6 Å². The maximum atomic E-state index is 13.4. The van der Waals surface area contributed by atoms with Crippen molar-refractivity contribution in [2.45, 2.75) is 52.6 Å². The van der Waals surface area contributed by atoms with E-state index in [4.69, 9.17) is 0 Å². The minimum atomic E-state index is -0.235. The van der Waals surface area contributed by atoms with Gasteiger partial charge >= 0.3 is 0 Å². The Morgan fingerprint density at radius 2 is 2.05 bits per heavy atom. The fourth-order valence-electron chi connectivity index (χ4n) is 3.56. The van der Waals surface area contributed by atoms with E-state index >= 15 is 0 Å². The van der Waals surface area contributed by atoms with E-state index in [0.29, 0.717) is 5.92 Å². The molecule has 3 unspecified atom stereocenters. The summed E-state index contributed by atoms with van der Waals surface area (Å²) in [5, 5.41) is 10.4. The molecule has 1 aromatic carbocycles. The minimum Gasteiger partial charge on any atom is -0.393 e. The van der Waals surface area contributed by atoms with Crippen molar-refractivity contribution >= 4 is 15.9 Å². The second kappa shape index (κ2) is 6.15. The van der Waals surface area contributed by atoms with Crippen LogP contribution in [-0.4, -0.2) is 11.2 Å². The quantitative estimate of drug-likeness (QED) is 0.823. The Morgan fingerprint density at radius 1 is 1.35 bits per heavy atom. The summed E-state index contributed by atoms with van der Waals surface area (Å²) in [5.74, 6) is 0.698. The van der Waals surface area contributed by atoms with Crippen LogP contribution >= 0.6 is 15.9 Å². The summed E-state index contributed by atoms with van der Waals surface area (Å²) in [6.45, 7) is 6.58. The van der Waals surface area contributed by atoms with Gasteiger partial charge in [-0.3, -0.25) is 0 Å². The SMILES string of the molecule is CC1CCC(C(C)(C)Cc2cc(F)ccc2Br)C(O)C1. The molecule has 0 bridgehead atoms. The summed E-state index contributed by atoms with van der Waals surface area (Å²) in [7, 11) is 0. The van der Waals surface area contributed by atoms with Crippen LogP contribution < -0.4 is 0 Å². The Balaban J connectivity index is 2.16. The molecule has 0 saturated heterocycles. The van der Waals surface area contributed by atoms with E-state index in [0.717, 1.165) is 29.3 Å². The Morgan fingerprint density at radius 3 is 2.70 bits per heavy atom. The van der Waals surface area contributed by atoms with E-state index in [9.17, 15) is 9.50 Å². The monoisotopic (exact) mass is 342 g/mol. The van der Waals surface area contributed by atoms with E-state index in [1.165, 1.54) is 12.5 Å². The van der Waals surface area contributed by atoms with E-state index in [2.05, 4.69) is 36.7 Å². The highest BCUT2D eigenvalue weighted by atomic mass is 79.9. The third kappa shape index (κ3) is 3.62. The fourth-order valence-corrected chi connectivity index (χ4v) is 3.95. The second-order valence-corrected chi connectivity index (χ2v) is 7.85. The molecule has 1 nitrogen and oxygen atoms in total. The molecule has 20 heavy (non-hydrogen) atoms. The van der Waals surface area contributed by atoms with Crippen LogP contribution in [0.15, 0.2) is 22.7 Å². The van der Waals surface area contributed by atoms with Gasteiger partial charge in [-0.05, 0) is 60.3 Å². The summed E-state index contributed by atoms with van der Waals surface area (Å²) in [6.07, 6.45) is 3.67. The molecule has 0 radical (unpaired) electrons. The maximum Gasteiger partial charge on any atom is 0.123 e. The molecule has 1 aliphatic carbocycles. The first-order chi connectivity index (χ1) is 9.29. The van der Waals surface area contributed by atoms with Gasteiger partial charge in [0.25, 0.3) is 0 Å². The van der Waals surface area contributed by atoms with Gasteiger partial charge in [0, 0.05) is 4.47 Å². The number of benzene rings is 1. The van der Waals surface area contributed by atoms with Crippen LogP contribution in [0.25, 0.3) is 0 Å². The number of aliphatic hydroxyl groups is 1. The second-order valence-electron chi connectivity index (χ2n) is 6.99. The number of hydrogen-bond donors (Lipinski definition) is 1. The van der Waals surface area contributed by atoms with Gasteiger partial charge in [-0.1, -0.05) is 43.1 Å². The molecular weight excluding hydrogens is 319 g/mol. The molecule has 0 amide bonds. The molecule has 0 aliphatic heterocycles. The van der Waals surface area contributed by atoms with Crippen molar-refractivity contribution in [3.05, 3.63) is 34.1 Å². The van der Waals surface area contributed by atoms with E-state index in [1.54, 1.807) is 12.1 Å². The predicted molar refractivity (Wildman–Crippen MR) is 84.1 cm³/mol. The number of aliphatic hydroxyl groups excluding tert-OH is 1. The third-order valence-corrected chi connectivity index (χ3v) is 5.51. The van der Waals surface area contributed by atoms with E-state index in [1.807, 2.05) is 0 Å². The molecule has 3 heteroatoms. The summed E-state index contributed by atoms with van der Waals surface area (Å²) in [4.78, 5) is 0. The predicted octanol–water partition coefficient (Wildman–Crippen LogP) is 4.95. The van der Waals surface area contributed by atoms with Crippen molar-refractivity contribution in [1.82, 2.24) is 0 Å². The van der Waals surface area contributed by atoms with E-state index < -0.39 is 0 Å². The molecule has 1 aliphatic rings. The van der Waals surface area contributed by atoms with Crippen LogP contribution in [0.3, 0.4) is 0 Å². The molecular formula is C17H24BrFO. The van der Waals surface area contributed by atoms with Crippen molar-refractivity contribution in [2.24, 2.45) is 17.3 Å². The van der Waals surface area contributed by atoms with E-state index in [-0.39, 0.29) is 23.3 Å². The first-order valence-electron chi connectivity index (χ1n) is 7.41. The van der Waals surface area contributed by atoms with Crippen LogP contribution in [0.4, 0.5) is 4.39 Å². The molecule has 1 saturated carbocycles. The summed E-state index contributed by atoms with van der Waals surface area (Å²) in [6, 6.07) is 4.83. The van der Waals surface area contributed by atoms with Gasteiger partial charge in [-0.15, -0.1) is 0 Å². The highest BCUT2D eigenvalue weighted by molar-refractivity contribution is 9.10. The van der Waals surface area contributed by atoms with Crippen LogP contribution in [0, 0.1) is 23.1 Å². The lowest BCUT2D eigenvalue weighted by Gasteiger charge is -2.42. The van der Waals surface area contributed by atoms with Gasteiger partial charge in [0.1, 0.15) is 5.82 Å². The number of hydrogen-bond acceptors (Lipinski definition) is 1. The average molecular weight is 343 g/mol. The van der Waals surface area contributed by atoms with Crippen molar-refractivity contribution in [3.63, 3.8) is 0 Å². The van der Waals surface area contributed by atoms with Gasteiger partial charge in [-0.2, -0.15) is 0 Å². The molecule has 0 spiro atoms. The van der Waals surface area contributed by atoms with Gasteiger partial charge in [-0.25, -0.2) is 4.39 Å². The van der Waals surface area contributed by atoms with Crippen molar-refractivity contribution in [3.8, 4) is 0 Å². The molecule has 112 valence electrons. The first-order valence-corrected chi connectivity index (χ1v) is 8.21. The van der Waals surface area contributed by atoms with Crippen LogP contribution in [-0.2, 0) is 6.42 Å². The molecule has 0 aromatic heterocycles. The van der Waals surface area contributed by atoms with Gasteiger partial charge in [0.05, 0.1) is 6.10 Å². The number of halogens is 2. The van der Waals surface area contributed by atoms with Crippen molar-refractivity contribution in [2.75, 3.05) is 0 Å². The highest BCUT2D eigenvalue weighted by Crippen LogP contribution is 2.43. The zero-order chi connectivity index (χ0) is 14.9. The van der Waals surface area contributed by atoms with Gasteiger partial charge in [0.2, 0.25) is 0 Å². The third-order valence-electron chi connectivity index (χ3n) is 4.74. The molecule has 1 N–H and O–H groups in total. The summed E-state index contributed by atoms with van der Waals surface area (Å²) >= 11 is 3.50. The Labute approximate surface area is 129 Å². The topological polar surface area (TPSA) is 20.2 Å². The summed E-state index contributed by atoms with van der Waals surface area (Å²) in [5.41, 5.74) is 0.955. The Kier molecular flexibility index (Phi) is 4.91. The lowest BCUT2D eigenvalue weighted by Crippen LogP contribution is -2.39. The maximum absolute atomic E-state index is 13.4. The molecule has 2 rings (SSSR count). The molecule has 1 aromatic rings. The smallest absolute Gasteiger partial charge is 0.123 e. The summed E-state index contributed by atoms with van der Waals surface area (Å²) < 4.78 is 14.4. The standard InChI is InChI=1S/C17H24BrFO/c1-11-4-6-14(16(20)8-11)17(2,3)10-12-9-13(19)5-7-15(12)18/h5,7,9,11,14,16,20H,4,6,8,10H2,1-3H3. The van der Waals surface area contributed by atoms with Crippen LogP contribution in [0.5, 0.6) is 0 Å². The largest absolute Gasteiger partial charge is 0.393 e. The Hall–Kier alpha value is -0.410. The lowest BCUT2D eigenvalue weighted by atomic mass is 9.65. The normalized spacial score (nSPS) is 27.6. The fraction of sp³-hybridized carbons (Fsp3) is 0.647. The lowest BCUT2D eigenvalue weighted by molar-refractivity contribution is -0.0126. The van der Waals surface area contributed by atoms with Crippen LogP contribution in [0.2, 0.25) is 0 Å². The molecule has 1 fully saturated rings. The van der Waals surface area contributed by atoms with Gasteiger partial charge in [0.15, 0.2) is 0 Å². The molecule has 0 heterocycles. The zero-order valence-electron chi connectivity index (χ0n) is 12.5. The Bertz CT molecular complexity index is 472. The number of rotatable bonds is 3. The zero-order valence-corrected chi connectivity index (χ0v) is 14.1. The van der Waals surface area contributed by atoms with Crippen molar-refractivity contribution in [1.29, 1.82) is 0 Å². The minimum absolute atomic E-state index is 0.0319.